The van der Waals surface area contributed by atoms with Crippen LogP contribution in [0.1, 0.15) is 194 Å². The van der Waals surface area contributed by atoms with Crippen molar-refractivity contribution in [2.24, 2.45) is 27.9 Å². The Bertz CT molecular complexity index is 4020. The van der Waals surface area contributed by atoms with Gasteiger partial charge in [0.2, 0.25) is 6.10 Å². The summed E-state index contributed by atoms with van der Waals surface area (Å²) in [5.74, 6) is -7.10. The number of rotatable bonds is 21. The average molecular weight is 1470 g/mol. The van der Waals surface area contributed by atoms with Gasteiger partial charge in [-0.2, -0.15) is 18.3 Å². The number of alkyl halides is 3. The molecule has 1 aromatic heterocycles. The van der Waals surface area contributed by atoms with E-state index in [4.69, 9.17) is 38.9 Å². The predicted octanol–water partition coefficient (Wildman–Crippen LogP) is 9.85. The first-order valence-electron chi connectivity index (χ1n) is 35.5. The Morgan fingerprint density at radius 1 is 0.819 bits per heavy atom. The number of hydrogen-bond acceptors (Lipinski definition) is 21. The average Bonchev–Trinajstić information content (AvgIpc) is 1.10. The van der Waals surface area contributed by atoms with Gasteiger partial charge < -0.3 is 74.6 Å². The maximum absolute atomic E-state index is 15.5. The summed E-state index contributed by atoms with van der Waals surface area (Å²) in [5.41, 5.74) is -4.95. The fourth-order valence-electron chi connectivity index (χ4n) is 16.2. The Balaban J connectivity index is 0.801. The fraction of sp³-hybridized carbons (Fsp3) is 0.579. The molecule has 0 radical (unpaired) electrons. The number of amides is 4. The smallest absolute Gasteiger partial charge is 0.435 e. The number of carbonyl (C=O) groups is 9. The maximum Gasteiger partial charge on any atom is 0.435 e. The molecule has 3 aromatic carbocycles. The third-order valence-corrected chi connectivity index (χ3v) is 21.8. The molecule has 7 N–H and O–H groups in total. The Labute approximate surface area is 607 Å². The second kappa shape index (κ2) is 30.1. The van der Waals surface area contributed by atoms with Gasteiger partial charge >= 0.3 is 42.4 Å². The van der Waals surface area contributed by atoms with Crippen LogP contribution in [0.5, 0.6) is 0 Å². The summed E-state index contributed by atoms with van der Waals surface area (Å²) < 4.78 is 86.5. The molecule has 2 bridgehead atoms. The van der Waals surface area contributed by atoms with E-state index in [0.29, 0.717) is 57.9 Å². The molecule has 3 saturated carbocycles. The molecule has 105 heavy (non-hydrogen) atoms. The van der Waals surface area contributed by atoms with E-state index in [0.717, 1.165) is 11.6 Å². The lowest BCUT2D eigenvalue weighted by molar-refractivity contribution is -0.346. The summed E-state index contributed by atoms with van der Waals surface area (Å²) in [7, 11) is 3.05. The number of nitrogens with one attached hydrogen (secondary N) is 2. The zero-order valence-corrected chi connectivity index (χ0v) is 61.3. The van der Waals surface area contributed by atoms with Gasteiger partial charge in [0.25, 0.3) is 5.91 Å². The van der Waals surface area contributed by atoms with Gasteiger partial charge in [-0.1, -0.05) is 89.1 Å². The van der Waals surface area contributed by atoms with Crippen LogP contribution in [-0.2, 0) is 60.1 Å². The van der Waals surface area contributed by atoms with E-state index in [2.05, 4.69) is 15.7 Å². The van der Waals surface area contributed by atoms with Gasteiger partial charge in [0.15, 0.2) is 22.9 Å². The van der Waals surface area contributed by atoms with Crippen LogP contribution in [0.3, 0.4) is 0 Å². The van der Waals surface area contributed by atoms with Crippen molar-refractivity contribution in [3.63, 3.8) is 0 Å². The van der Waals surface area contributed by atoms with Crippen LogP contribution >= 0.6 is 0 Å². The molecule has 6 aliphatic rings. The highest BCUT2D eigenvalue weighted by Gasteiger charge is 2.78. The number of aliphatic hydroxyl groups excluding tert-OH is 2. The van der Waals surface area contributed by atoms with Crippen LogP contribution in [0.25, 0.3) is 5.69 Å². The van der Waals surface area contributed by atoms with Gasteiger partial charge in [-0.15, -0.1) is 0 Å². The Morgan fingerprint density at radius 3 is 2.02 bits per heavy atom. The van der Waals surface area contributed by atoms with Crippen LogP contribution < -0.4 is 16.4 Å². The summed E-state index contributed by atoms with van der Waals surface area (Å²) >= 11 is 0. The number of ketones is 2. The SMILES string of the molecule is CC(=O)O[C@@]12CO[C@@H]1C[C@H](O)[C@@]1(C)C(=O)[C@H](O)C3=C(C)[C@@H](OC(=O)[C@H](OC(=O)N(C)CCCCCCN(C)C(=O)O[C@H]4CC[C@H](Nc5cc(-n6nc(C(F)(F)F)c7c6CC(C)(C)CC7=O)ccc5C(N)=O)CC4)[C@@H](NC(=O)OC(C)(C)C)c4ccccc4)C[C@@](O)([C@@H](OC(=O)c4ccccc4)C12)C3(C)C. The van der Waals surface area contributed by atoms with Crippen LogP contribution in [0.2, 0.25) is 0 Å². The number of nitrogens with zero attached hydrogens (tertiary/aromatic N) is 4. The van der Waals surface area contributed by atoms with Crippen molar-refractivity contribution in [3.05, 3.63) is 124 Å². The van der Waals surface area contributed by atoms with Crippen molar-refractivity contribution in [1.29, 1.82) is 0 Å². The number of aromatic nitrogens is 2. The summed E-state index contributed by atoms with van der Waals surface area (Å²) in [6.07, 6.45) is -15.1. The second-order valence-corrected chi connectivity index (χ2v) is 31.3. The van der Waals surface area contributed by atoms with E-state index in [1.807, 2.05) is 0 Å². The standard InChI is InChI=1S/C76H96F3N7O19/c1-41-52(39-75(98)63(103-65(93)44-25-19-16-20-26-44)60-73(10,62(91)58(90)56(41)72(75,8)9)53(89)36-54-74(60,40-99-54)104-42(2)87)101-66(94)59(57(43-23-17-15-18-24-43)82-67(95)105-70(3,4)5)102-69(97)85(12)34-22-14-13-21-33-84(11)68(96)100-47-30-27-45(28-31-47)81-49-35-46(29-32-48(49)64(80)92)86-50-37-71(6,7)38-51(88)55(50)61(83-86)76(77,78)79/h15-20,23-26,29,32,35,45,47,52-54,57-60,63,81,89-90,98H,13-14,21-22,27-28,30-31,33-34,36-40H2,1-12H3,(H2,80,92)(H,82,95)/t45-,47-,52-,53-,54+,57-,58+,59+,60?,63-,73+,74-,75+/m0/s1. The maximum atomic E-state index is 15.5. The highest BCUT2D eigenvalue weighted by molar-refractivity contribution is 6.01. The predicted molar refractivity (Wildman–Crippen MR) is 371 cm³/mol. The lowest BCUT2D eigenvalue weighted by Crippen LogP contribution is -2.81. The number of nitrogens with two attached hydrogens (primary N) is 1. The molecule has 1 aliphatic heterocycles. The number of esters is 3. The zero-order valence-electron chi connectivity index (χ0n) is 61.3. The summed E-state index contributed by atoms with van der Waals surface area (Å²) in [6, 6.07) is 18.4. The third-order valence-electron chi connectivity index (χ3n) is 21.8. The molecule has 1 unspecified atom stereocenters. The molecule has 10 rings (SSSR count). The molecule has 570 valence electrons. The molecule has 0 spiro atoms. The lowest BCUT2D eigenvalue weighted by Gasteiger charge is -2.67. The number of primary amides is 1. The first kappa shape index (κ1) is 78.7. The van der Waals surface area contributed by atoms with E-state index < -0.39 is 165 Å². The molecule has 4 aromatic rings. The van der Waals surface area contributed by atoms with Crippen LogP contribution in [0, 0.1) is 22.2 Å². The van der Waals surface area contributed by atoms with E-state index in [1.165, 1.54) is 74.9 Å². The number of carbonyl (C=O) groups excluding carboxylic acids is 9. The molecule has 29 heteroatoms. The highest BCUT2D eigenvalue weighted by atomic mass is 19.4. The minimum absolute atomic E-state index is 0.0240. The summed E-state index contributed by atoms with van der Waals surface area (Å²) in [6.45, 7) is 15.5. The molecule has 26 nitrogen and oxygen atoms in total. The van der Waals surface area contributed by atoms with Gasteiger partial charge in [0, 0.05) is 70.5 Å². The highest BCUT2D eigenvalue weighted by Crippen LogP contribution is 2.64. The van der Waals surface area contributed by atoms with Gasteiger partial charge in [0.05, 0.1) is 52.1 Å². The number of aliphatic hydroxyl groups is 3. The normalized spacial score (nSPS) is 27.3. The number of alkyl carbamates (subject to hydrolysis) is 1. The van der Waals surface area contributed by atoms with Gasteiger partial charge in [0.1, 0.15) is 47.8 Å². The quantitative estimate of drug-likeness (QED) is 0.0195. The monoisotopic (exact) mass is 1470 g/mol. The number of benzene rings is 3. The topological polar surface area (TPSA) is 353 Å². The first-order chi connectivity index (χ1) is 49.1. The second-order valence-electron chi connectivity index (χ2n) is 31.3. The third kappa shape index (κ3) is 16.0. The number of fused-ring (bicyclic) bond motifs is 6. The molecule has 5 aliphatic carbocycles. The van der Waals surface area contributed by atoms with Crippen molar-refractivity contribution >= 4 is 59.3 Å². The molecule has 1 saturated heterocycles. The van der Waals surface area contributed by atoms with Crippen LogP contribution in [0.15, 0.2) is 90.0 Å². The van der Waals surface area contributed by atoms with E-state index >= 15 is 9.59 Å². The Kier molecular flexibility index (Phi) is 22.6. The molecule has 2 heterocycles. The van der Waals surface area contributed by atoms with Crippen molar-refractivity contribution in [2.75, 3.05) is 39.1 Å². The van der Waals surface area contributed by atoms with Crippen molar-refractivity contribution in [3.8, 4) is 5.69 Å². The molecule has 4 fully saturated rings. The summed E-state index contributed by atoms with van der Waals surface area (Å²) in [4.78, 5) is 129. The molecular weight excluding hydrogens is 1370 g/mol. The van der Waals surface area contributed by atoms with Crippen LogP contribution in [-0.4, -0.2) is 188 Å². The molecular formula is C76H96F3N7O19. The van der Waals surface area contributed by atoms with Gasteiger partial charge in [-0.05, 0) is 132 Å². The van der Waals surface area contributed by atoms with Crippen molar-refractivity contribution < 1.29 is 105 Å². The largest absolute Gasteiger partial charge is 0.455 e. The lowest BCUT2D eigenvalue weighted by atomic mass is 9.44. The number of hydrogen-bond donors (Lipinski definition) is 6. The minimum Gasteiger partial charge on any atom is -0.455 e. The number of anilines is 1. The number of Topliss-reactive ketones (excluding diaryl/α,β-unsaturated/α-hetero) is 2. The molecule has 4 amide bonds. The Morgan fingerprint density at radius 2 is 1.44 bits per heavy atom. The van der Waals surface area contributed by atoms with Gasteiger partial charge in [-0.25, -0.2) is 28.7 Å². The minimum atomic E-state index is -4.89. The van der Waals surface area contributed by atoms with E-state index in [9.17, 15) is 62.1 Å². The van der Waals surface area contributed by atoms with Crippen molar-refractivity contribution in [2.45, 2.75) is 224 Å². The van der Waals surface area contributed by atoms with Crippen LogP contribution in [0.4, 0.5) is 33.2 Å². The van der Waals surface area contributed by atoms with E-state index in [-0.39, 0.29) is 83.4 Å². The summed E-state index contributed by atoms with van der Waals surface area (Å²) in [5, 5.41) is 48.6. The zero-order chi connectivity index (χ0) is 76.8. The number of ether oxygens (including phenoxy) is 7. The van der Waals surface area contributed by atoms with Gasteiger partial charge in [-0.3, -0.25) is 19.2 Å². The number of halogens is 3. The van der Waals surface area contributed by atoms with E-state index in [1.54, 1.807) is 90.2 Å². The number of unbranched alkanes of at least 4 members (excludes halogenated alkanes) is 3. The fourth-order valence-corrected chi connectivity index (χ4v) is 16.2. The Hall–Kier alpha value is -8.93. The molecule has 11 atom stereocenters. The first-order valence-corrected chi connectivity index (χ1v) is 35.5. The van der Waals surface area contributed by atoms with Crippen molar-refractivity contribution in [1.82, 2.24) is 24.9 Å².